The van der Waals surface area contributed by atoms with Gasteiger partial charge in [-0.1, -0.05) is 49.6 Å². The second-order valence-corrected chi connectivity index (χ2v) is 18.6. The van der Waals surface area contributed by atoms with Gasteiger partial charge in [-0.3, -0.25) is 19.3 Å². The predicted octanol–water partition coefficient (Wildman–Crippen LogP) is 3.51. The van der Waals surface area contributed by atoms with Crippen molar-refractivity contribution in [3.63, 3.8) is 0 Å². The number of nitrogens with zero attached hydrogens (tertiary/aromatic N) is 1. The van der Waals surface area contributed by atoms with Gasteiger partial charge in [0.1, 0.15) is 17.5 Å². The van der Waals surface area contributed by atoms with Crippen molar-refractivity contribution in [2.45, 2.75) is 108 Å². The third kappa shape index (κ3) is 10.5. The van der Waals surface area contributed by atoms with Crippen LogP contribution in [0, 0.1) is 11.8 Å². The van der Waals surface area contributed by atoms with Gasteiger partial charge >= 0.3 is 0 Å². The molecular formula is C39H58N4O8S. The summed E-state index contributed by atoms with van der Waals surface area (Å²) in [7, 11) is -1.04. The fourth-order valence-electron chi connectivity index (χ4n) is 7.33. The smallest absolute Gasteiger partial charge is 0.252 e. The number of sulfone groups is 1. The van der Waals surface area contributed by atoms with E-state index >= 15 is 0 Å². The zero-order valence-corrected chi connectivity index (χ0v) is 32.7. The van der Waals surface area contributed by atoms with Crippen LogP contribution in [0.3, 0.4) is 0 Å². The van der Waals surface area contributed by atoms with Crippen LogP contribution >= 0.6 is 0 Å². The van der Waals surface area contributed by atoms with Crippen molar-refractivity contribution < 1.29 is 37.4 Å². The minimum Gasteiger partial charge on any atom is -0.497 e. The number of nitrogens with one attached hydrogen (secondary N) is 3. The lowest BCUT2D eigenvalue weighted by Crippen LogP contribution is -2.64. The van der Waals surface area contributed by atoms with E-state index in [-0.39, 0.29) is 24.4 Å². The number of piperidine rings is 1. The van der Waals surface area contributed by atoms with Crippen molar-refractivity contribution in [2.75, 3.05) is 33.6 Å². The number of aliphatic hydroxyl groups is 1. The van der Waals surface area contributed by atoms with Crippen LogP contribution < -0.4 is 25.4 Å². The van der Waals surface area contributed by atoms with Crippen molar-refractivity contribution in [1.82, 2.24) is 20.9 Å². The highest BCUT2D eigenvalue weighted by Gasteiger charge is 2.46. The van der Waals surface area contributed by atoms with E-state index in [0.29, 0.717) is 36.3 Å². The Morgan fingerprint density at radius 2 is 1.52 bits per heavy atom. The number of amides is 3. The number of rotatable bonds is 14. The maximum atomic E-state index is 14.3. The zero-order chi connectivity index (χ0) is 38.4. The molecule has 6 atom stereocenters. The van der Waals surface area contributed by atoms with Crippen LogP contribution in [0.25, 0.3) is 0 Å². The quantitative estimate of drug-likeness (QED) is 0.227. The number of fused-ring (bicyclic) bond motifs is 1. The molecule has 12 nitrogen and oxygen atoms in total. The molecule has 4 N–H and O–H groups in total. The van der Waals surface area contributed by atoms with E-state index in [2.05, 4.69) is 20.9 Å². The van der Waals surface area contributed by atoms with Crippen molar-refractivity contribution in [2.24, 2.45) is 11.8 Å². The first-order chi connectivity index (χ1) is 24.3. The first kappa shape index (κ1) is 41.1. The third-order valence-corrected chi connectivity index (χ3v) is 12.8. The number of carbonyl (C=O) groups is 3. The predicted molar refractivity (Wildman–Crippen MR) is 201 cm³/mol. The van der Waals surface area contributed by atoms with Gasteiger partial charge in [0.15, 0.2) is 9.84 Å². The molecule has 0 bridgehead atoms. The molecule has 4 rings (SSSR count). The second-order valence-electron chi connectivity index (χ2n) is 16.0. The second kappa shape index (κ2) is 17.0. The Bertz CT molecular complexity index is 1640. The number of benzene rings is 2. The molecule has 2 aliphatic rings. The van der Waals surface area contributed by atoms with Crippen LogP contribution in [-0.4, -0.2) is 104 Å². The molecule has 2 aromatic carbocycles. The van der Waals surface area contributed by atoms with E-state index in [1.165, 1.54) is 40.2 Å². The first-order valence-electron chi connectivity index (χ1n) is 18.1. The van der Waals surface area contributed by atoms with Crippen LogP contribution in [0.4, 0.5) is 0 Å². The molecule has 1 heterocycles. The summed E-state index contributed by atoms with van der Waals surface area (Å²) in [6.45, 7) is 9.36. The van der Waals surface area contributed by atoms with E-state index in [1.54, 1.807) is 6.07 Å². The fraction of sp³-hybridized carbons (Fsp3) is 0.615. The van der Waals surface area contributed by atoms with Crippen molar-refractivity contribution in [3.8, 4) is 11.5 Å². The minimum atomic E-state index is -3.92. The Hall–Kier alpha value is -3.68. The zero-order valence-electron chi connectivity index (χ0n) is 31.9. The largest absolute Gasteiger partial charge is 0.497 e. The molecule has 0 spiro atoms. The molecule has 6 unspecified atom stereocenters. The molecule has 13 heteroatoms. The van der Waals surface area contributed by atoms with Crippen LogP contribution in [-0.2, 0) is 25.8 Å². The lowest BCUT2D eigenvalue weighted by Gasteiger charge is -2.47. The normalized spacial score (nSPS) is 21.5. The average molecular weight is 743 g/mol. The number of β-amino-alcohol motifs (C(OH)–C–C–N with tert-alkyl or cyclic N) is 1. The molecule has 0 radical (unpaired) electrons. The summed E-state index contributed by atoms with van der Waals surface area (Å²) >= 11 is 0. The SMILES string of the molecule is COc1cc(OC)cc(C(=O)NC(C(=O)NC(Cc2ccccc2)C(O)CN2CC3CCCCC3CC2C(=O)NC(C)(C)C)C(C)(C)S(C)(=O)=O)c1. The highest BCUT2D eigenvalue weighted by atomic mass is 32.2. The highest BCUT2D eigenvalue weighted by molar-refractivity contribution is 7.92. The van der Waals surface area contributed by atoms with Gasteiger partial charge in [-0.25, -0.2) is 8.42 Å². The van der Waals surface area contributed by atoms with Gasteiger partial charge in [-0.2, -0.15) is 0 Å². The van der Waals surface area contributed by atoms with Gasteiger partial charge in [0, 0.05) is 36.5 Å². The molecule has 2 fully saturated rings. The van der Waals surface area contributed by atoms with Gasteiger partial charge in [0.2, 0.25) is 11.8 Å². The summed E-state index contributed by atoms with van der Waals surface area (Å²) in [5, 5.41) is 20.7. The topological polar surface area (TPSA) is 163 Å². The van der Waals surface area contributed by atoms with Gasteiger partial charge in [0.05, 0.1) is 37.2 Å². The molecule has 3 amide bonds. The molecule has 52 heavy (non-hydrogen) atoms. The number of aliphatic hydroxyl groups excluding tert-OH is 1. The lowest BCUT2D eigenvalue weighted by atomic mass is 9.72. The standard InChI is InChI=1S/C39H58N4O8S/c1-38(2,3)42-36(46)32-21-26-16-12-13-17-27(26)23-43(32)24-33(44)31(18-25-14-10-9-11-15-25)40-37(47)34(39(4,5)52(8,48)49)41-35(45)28-19-29(50-6)22-30(20-28)51-7/h9-11,14-15,19-20,22,26-27,31-34,44H,12-13,16-18,21,23-24H2,1-8H3,(H,40,47)(H,41,45)(H,42,46). The summed E-state index contributed by atoms with van der Waals surface area (Å²) < 4.78 is 35.1. The summed E-state index contributed by atoms with van der Waals surface area (Å²) in [6.07, 6.45) is 5.22. The lowest BCUT2D eigenvalue weighted by molar-refractivity contribution is -0.133. The van der Waals surface area contributed by atoms with Gasteiger partial charge in [-0.15, -0.1) is 0 Å². The molecule has 1 saturated carbocycles. The average Bonchev–Trinajstić information content (AvgIpc) is 3.08. The Morgan fingerprint density at radius 3 is 2.08 bits per heavy atom. The van der Waals surface area contributed by atoms with Crippen molar-refractivity contribution in [3.05, 3.63) is 59.7 Å². The van der Waals surface area contributed by atoms with Crippen LogP contribution in [0.1, 0.15) is 82.6 Å². The molecule has 1 saturated heterocycles. The Kier molecular flexibility index (Phi) is 13.4. The number of carbonyl (C=O) groups excluding carboxylic acids is 3. The van der Waals surface area contributed by atoms with E-state index in [1.807, 2.05) is 51.1 Å². The summed E-state index contributed by atoms with van der Waals surface area (Å²) in [5.41, 5.74) is 0.507. The number of methoxy groups -OCH3 is 2. The fourth-order valence-corrected chi connectivity index (χ4v) is 7.93. The summed E-state index contributed by atoms with van der Waals surface area (Å²) in [6, 6.07) is 11.0. The molecule has 0 aromatic heterocycles. The number of ether oxygens (including phenoxy) is 2. The van der Waals surface area contributed by atoms with Gasteiger partial charge in [0.25, 0.3) is 5.91 Å². The van der Waals surface area contributed by atoms with Crippen LogP contribution in [0.5, 0.6) is 11.5 Å². The van der Waals surface area contributed by atoms with E-state index in [0.717, 1.165) is 37.5 Å². The number of likely N-dealkylation sites (tertiary alicyclic amines) is 1. The highest BCUT2D eigenvalue weighted by Crippen LogP contribution is 2.39. The Morgan fingerprint density at radius 1 is 0.923 bits per heavy atom. The molecule has 2 aromatic rings. The molecule has 288 valence electrons. The van der Waals surface area contributed by atoms with E-state index < -0.39 is 56.2 Å². The number of hydrogen-bond acceptors (Lipinski definition) is 9. The van der Waals surface area contributed by atoms with E-state index in [9.17, 15) is 27.9 Å². The third-order valence-electron chi connectivity index (χ3n) is 10.6. The monoisotopic (exact) mass is 742 g/mol. The first-order valence-corrected chi connectivity index (χ1v) is 20.0. The van der Waals surface area contributed by atoms with Crippen molar-refractivity contribution >= 4 is 27.6 Å². The maximum absolute atomic E-state index is 14.3. The minimum absolute atomic E-state index is 0.0841. The molecule has 1 aliphatic heterocycles. The van der Waals surface area contributed by atoms with Crippen LogP contribution in [0.2, 0.25) is 0 Å². The molecule has 1 aliphatic carbocycles. The summed E-state index contributed by atoms with van der Waals surface area (Å²) in [5.74, 6) is -0.0449. The van der Waals surface area contributed by atoms with Crippen LogP contribution in [0.15, 0.2) is 48.5 Å². The molecular weight excluding hydrogens is 685 g/mol. The maximum Gasteiger partial charge on any atom is 0.252 e. The number of hydrogen-bond donors (Lipinski definition) is 4. The van der Waals surface area contributed by atoms with Gasteiger partial charge in [-0.05, 0) is 83.4 Å². The van der Waals surface area contributed by atoms with Gasteiger partial charge < -0.3 is 30.5 Å². The van der Waals surface area contributed by atoms with Crippen molar-refractivity contribution in [1.29, 1.82) is 0 Å². The Balaban J connectivity index is 1.65. The Labute approximate surface area is 309 Å². The van der Waals surface area contributed by atoms with E-state index in [4.69, 9.17) is 9.47 Å². The summed E-state index contributed by atoms with van der Waals surface area (Å²) in [4.78, 5) is 43.8.